The lowest BCUT2D eigenvalue weighted by molar-refractivity contribution is -0.149. The molecule has 0 radical (unpaired) electrons. The van der Waals surface area contributed by atoms with Crippen LogP contribution in [0.25, 0.3) is 0 Å². The van der Waals surface area contributed by atoms with Gasteiger partial charge in [0.15, 0.2) is 0 Å². The summed E-state index contributed by atoms with van der Waals surface area (Å²) in [5.74, 6) is -2.00. The van der Waals surface area contributed by atoms with E-state index in [1.165, 1.54) is 6.92 Å². The zero-order chi connectivity index (χ0) is 12.3. The molecule has 1 atom stereocenters. The van der Waals surface area contributed by atoms with E-state index in [0.717, 1.165) is 0 Å². The van der Waals surface area contributed by atoms with Crippen molar-refractivity contribution in [2.24, 2.45) is 5.41 Å². The SMILES string of the molecule is CCNC(=O)C(C)NC(=O)C1(C(=O)O)CC1. The summed E-state index contributed by atoms with van der Waals surface area (Å²) in [6, 6.07) is -0.704. The molecule has 0 saturated heterocycles. The molecule has 0 aliphatic heterocycles. The first-order chi connectivity index (χ1) is 7.44. The van der Waals surface area contributed by atoms with E-state index >= 15 is 0 Å². The van der Waals surface area contributed by atoms with Crippen molar-refractivity contribution >= 4 is 17.8 Å². The van der Waals surface area contributed by atoms with Gasteiger partial charge < -0.3 is 15.7 Å². The molecule has 0 bridgehead atoms. The maximum absolute atomic E-state index is 11.6. The molecule has 0 heterocycles. The first-order valence-corrected chi connectivity index (χ1v) is 5.26. The Morgan fingerprint density at radius 2 is 1.94 bits per heavy atom. The smallest absolute Gasteiger partial charge is 0.319 e. The second kappa shape index (κ2) is 4.51. The molecule has 0 aromatic rings. The van der Waals surface area contributed by atoms with Gasteiger partial charge in [0.2, 0.25) is 11.8 Å². The number of rotatable bonds is 5. The van der Waals surface area contributed by atoms with Crippen LogP contribution in [0.3, 0.4) is 0 Å². The number of carbonyl (C=O) groups is 3. The van der Waals surface area contributed by atoms with Crippen molar-refractivity contribution in [2.45, 2.75) is 32.7 Å². The molecule has 3 N–H and O–H groups in total. The van der Waals surface area contributed by atoms with Gasteiger partial charge in [0, 0.05) is 6.54 Å². The number of hydrogen-bond donors (Lipinski definition) is 3. The average molecular weight is 228 g/mol. The van der Waals surface area contributed by atoms with Crippen molar-refractivity contribution in [3.8, 4) is 0 Å². The molecule has 1 saturated carbocycles. The van der Waals surface area contributed by atoms with Crippen molar-refractivity contribution in [1.29, 1.82) is 0 Å². The third-order valence-corrected chi connectivity index (χ3v) is 2.69. The Labute approximate surface area is 93.4 Å². The van der Waals surface area contributed by atoms with Crippen molar-refractivity contribution in [1.82, 2.24) is 10.6 Å². The summed E-state index contributed by atoms with van der Waals surface area (Å²) in [6.07, 6.45) is 0.687. The molecular weight excluding hydrogens is 212 g/mol. The molecule has 1 aliphatic rings. The Bertz CT molecular complexity index is 323. The zero-order valence-corrected chi connectivity index (χ0v) is 9.37. The number of carboxylic acids is 1. The van der Waals surface area contributed by atoms with Gasteiger partial charge in [-0.2, -0.15) is 0 Å². The van der Waals surface area contributed by atoms with E-state index in [1.807, 2.05) is 0 Å². The summed E-state index contributed by atoms with van der Waals surface area (Å²) in [5, 5.41) is 13.8. The maximum Gasteiger partial charge on any atom is 0.319 e. The molecule has 1 aliphatic carbocycles. The maximum atomic E-state index is 11.6. The van der Waals surface area contributed by atoms with Gasteiger partial charge in [0.05, 0.1) is 0 Å². The number of nitrogens with one attached hydrogen (secondary N) is 2. The summed E-state index contributed by atoms with van der Waals surface area (Å²) in [6.45, 7) is 3.77. The van der Waals surface area contributed by atoms with Gasteiger partial charge >= 0.3 is 5.97 Å². The van der Waals surface area contributed by atoms with Gasteiger partial charge in [-0.25, -0.2) is 0 Å². The molecule has 1 fully saturated rings. The van der Waals surface area contributed by atoms with Gasteiger partial charge in [-0.15, -0.1) is 0 Å². The third-order valence-electron chi connectivity index (χ3n) is 2.69. The Balaban J connectivity index is 2.52. The van der Waals surface area contributed by atoms with E-state index in [2.05, 4.69) is 10.6 Å². The van der Waals surface area contributed by atoms with Crippen molar-refractivity contribution in [2.75, 3.05) is 6.54 Å². The van der Waals surface area contributed by atoms with Crippen LogP contribution in [0.4, 0.5) is 0 Å². The molecule has 16 heavy (non-hydrogen) atoms. The quantitative estimate of drug-likeness (QED) is 0.552. The number of hydrogen-bond acceptors (Lipinski definition) is 3. The molecule has 0 aromatic heterocycles. The fourth-order valence-corrected chi connectivity index (χ4v) is 1.39. The standard InChI is InChI=1S/C10H16N2O4/c1-3-11-7(13)6(2)12-8(14)10(4-5-10)9(15)16/h6H,3-5H2,1-2H3,(H,11,13)(H,12,14)(H,15,16). The molecule has 6 heteroatoms. The fraction of sp³-hybridized carbons (Fsp3) is 0.700. The van der Waals surface area contributed by atoms with Crippen LogP contribution in [0, 0.1) is 5.41 Å². The van der Waals surface area contributed by atoms with E-state index in [1.54, 1.807) is 6.92 Å². The first-order valence-electron chi connectivity index (χ1n) is 5.26. The number of amides is 2. The van der Waals surface area contributed by atoms with E-state index < -0.39 is 23.3 Å². The highest BCUT2D eigenvalue weighted by atomic mass is 16.4. The lowest BCUT2D eigenvalue weighted by atomic mass is 10.1. The number of aliphatic carboxylic acids is 1. The van der Waals surface area contributed by atoms with Gasteiger partial charge in [-0.3, -0.25) is 14.4 Å². The van der Waals surface area contributed by atoms with Crippen LogP contribution in [-0.4, -0.2) is 35.5 Å². The monoisotopic (exact) mass is 228 g/mol. The molecule has 90 valence electrons. The summed E-state index contributed by atoms with van der Waals surface area (Å²) < 4.78 is 0. The van der Waals surface area contributed by atoms with E-state index in [-0.39, 0.29) is 5.91 Å². The van der Waals surface area contributed by atoms with Gasteiger partial charge in [0.25, 0.3) is 0 Å². The number of carbonyl (C=O) groups excluding carboxylic acids is 2. The topological polar surface area (TPSA) is 95.5 Å². The molecule has 2 amide bonds. The Kier molecular flexibility index (Phi) is 3.51. The van der Waals surface area contributed by atoms with Crippen molar-refractivity contribution < 1.29 is 19.5 Å². The van der Waals surface area contributed by atoms with E-state index in [0.29, 0.717) is 19.4 Å². The number of likely N-dealkylation sites (N-methyl/N-ethyl adjacent to an activating group) is 1. The van der Waals surface area contributed by atoms with Gasteiger partial charge in [-0.05, 0) is 26.7 Å². The van der Waals surface area contributed by atoms with Crippen molar-refractivity contribution in [3.05, 3.63) is 0 Å². The largest absolute Gasteiger partial charge is 0.480 e. The highest BCUT2D eigenvalue weighted by Gasteiger charge is 2.57. The Morgan fingerprint density at radius 3 is 2.31 bits per heavy atom. The Hall–Kier alpha value is -1.59. The lowest BCUT2D eigenvalue weighted by Gasteiger charge is -2.16. The molecule has 6 nitrogen and oxygen atoms in total. The van der Waals surface area contributed by atoms with Crippen LogP contribution in [0.15, 0.2) is 0 Å². The fourth-order valence-electron chi connectivity index (χ4n) is 1.39. The summed E-state index contributed by atoms with van der Waals surface area (Å²) >= 11 is 0. The average Bonchev–Trinajstić information content (AvgIpc) is 2.98. The third kappa shape index (κ3) is 2.32. The minimum absolute atomic E-state index is 0.308. The van der Waals surface area contributed by atoms with Crippen LogP contribution in [0.1, 0.15) is 26.7 Å². The van der Waals surface area contributed by atoms with E-state index in [4.69, 9.17) is 5.11 Å². The normalized spacial score (nSPS) is 18.4. The van der Waals surface area contributed by atoms with Gasteiger partial charge in [-0.1, -0.05) is 0 Å². The second-order valence-corrected chi connectivity index (χ2v) is 3.98. The van der Waals surface area contributed by atoms with Crippen LogP contribution < -0.4 is 10.6 Å². The highest BCUT2D eigenvalue weighted by molar-refractivity contribution is 6.06. The molecule has 0 aromatic carbocycles. The van der Waals surface area contributed by atoms with Crippen LogP contribution >= 0.6 is 0 Å². The first kappa shape index (κ1) is 12.5. The van der Waals surface area contributed by atoms with Crippen molar-refractivity contribution in [3.63, 3.8) is 0 Å². The van der Waals surface area contributed by atoms with Crippen LogP contribution in [0.2, 0.25) is 0 Å². The summed E-state index contributed by atoms with van der Waals surface area (Å²) in [5.41, 5.74) is -1.29. The molecular formula is C10H16N2O4. The molecule has 1 rings (SSSR count). The summed E-state index contributed by atoms with van der Waals surface area (Å²) in [7, 11) is 0. The summed E-state index contributed by atoms with van der Waals surface area (Å²) in [4.78, 5) is 33.8. The van der Waals surface area contributed by atoms with Crippen LogP contribution in [0.5, 0.6) is 0 Å². The highest BCUT2D eigenvalue weighted by Crippen LogP contribution is 2.46. The Morgan fingerprint density at radius 1 is 1.38 bits per heavy atom. The zero-order valence-electron chi connectivity index (χ0n) is 9.37. The predicted molar refractivity (Wildman–Crippen MR) is 55.6 cm³/mol. The minimum Gasteiger partial charge on any atom is -0.480 e. The lowest BCUT2D eigenvalue weighted by Crippen LogP contribution is -2.48. The number of carboxylic acid groups (broad SMARTS) is 1. The molecule has 1 unspecified atom stereocenters. The van der Waals surface area contributed by atoms with Gasteiger partial charge in [0.1, 0.15) is 11.5 Å². The van der Waals surface area contributed by atoms with E-state index in [9.17, 15) is 14.4 Å². The van der Waals surface area contributed by atoms with Crippen LogP contribution in [-0.2, 0) is 14.4 Å². The predicted octanol–water partition coefficient (Wildman–Crippen LogP) is -0.508. The second-order valence-electron chi connectivity index (χ2n) is 3.98. The molecule has 0 spiro atoms. The minimum atomic E-state index is -1.29.